The molecular weight excluding hydrogens is 376 g/mol. The Bertz CT molecular complexity index is 1120. The minimum atomic E-state index is -0.335. The molecule has 1 aliphatic rings. The number of aryl methyl sites for hydroxylation is 1. The van der Waals surface area contributed by atoms with Gasteiger partial charge in [0, 0.05) is 5.69 Å². The summed E-state index contributed by atoms with van der Waals surface area (Å²) in [6.07, 6.45) is 0. The number of amides is 2. The maximum absolute atomic E-state index is 13.3. The summed E-state index contributed by atoms with van der Waals surface area (Å²) in [5.74, 6) is 0.0823. The lowest BCUT2D eigenvalue weighted by molar-refractivity contribution is -0.137. The van der Waals surface area contributed by atoms with Crippen LogP contribution in [0.1, 0.15) is 16.7 Å². The van der Waals surface area contributed by atoms with Crippen molar-refractivity contribution in [3.8, 4) is 5.75 Å². The van der Waals surface area contributed by atoms with Gasteiger partial charge in [-0.1, -0.05) is 60.7 Å². The first-order valence-corrected chi connectivity index (χ1v) is 9.70. The number of hydrogen-bond acceptors (Lipinski definition) is 4. The highest BCUT2D eigenvalue weighted by molar-refractivity contribution is 6.36. The van der Waals surface area contributed by atoms with Crippen LogP contribution in [0.5, 0.6) is 5.75 Å². The number of nitrogens with zero attached hydrogens (tertiary/aromatic N) is 1. The highest BCUT2D eigenvalue weighted by Gasteiger charge is 2.39. The highest BCUT2D eigenvalue weighted by atomic mass is 16.5. The molecule has 0 aliphatic carbocycles. The summed E-state index contributed by atoms with van der Waals surface area (Å²) in [6, 6.07) is 24.3. The lowest BCUT2D eigenvalue weighted by Gasteiger charge is -2.16. The number of para-hydroxylation sites is 1. The molecule has 5 nitrogen and oxygen atoms in total. The third-order valence-electron chi connectivity index (χ3n) is 5.13. The molecule has 1 aliphatic heterocycles. The van der Waals surface area contributed by atoms with Gasteiger partial charge in [-0.25, -0.2) is 0 Å². The number of ether oxygens (including phenoxy) is 1. The first-order chi connectivity index (χ1) is 14.6. The van der Waals surface area contributed by atoms with Gasteiger partial charge in [-0.05, 0) is 41.8 Å². The molecule has 0 fully saturated rings. The van der Waals surface area contributed by atoms with Gasteiger partial charge >= 0.3 is 0 Å². The third-order valence-corrected chi connectivity index (χ3v) is 5.13. The van der Waals surface area contributed by atoms with Crippen molar-refractivity contribution in [2.45, 2.75) is 13.5 Å². The Kier molecular flexibility index (Phi) is 5.35. The molecule has 3 aromatic carbocycles. The minimum absolute atomic E-state index is 0.191. The van der Waals surface area contributed by atoms with Crippen LogP contribution in [0.25, 0.3) is 5.57 Å². The molecule has 1 heterocycles. The summed E-state index contributed by atoms with van der Waals surface area (Å²) in [4.78, 5) is 27.9. The zero-order valence-electron chi connectivity index (χ0n) is 16.9. The van der Waals surface area contributed by atoms with Crippen LogP contribution in [0.4, 0.5) is 5.69 Å². The van der Waals surface area contributed by atoms with E-state index < -0.39 is 0 Å². The van der Waals surface area contributed by atoms with Gasteiger partial charge in [-0.3, -0.25) is 14.5 Å². The second-order valence-corrected chi connectivity index (χ2v) is 7.10. The summed E-state index contributed by atoms with van der Waals surface area (Å²) in [5, 5.41) is 3.22. The summed E-state index contributed by atoms with van der Waals surface area (Å²) in [5.41, 5.74) is 4.04. The van der Waals surface area contributed by atoms with Gasteiger partial charge in [0.05, 0.1) is 19.2 Å². The van der Waals surface area contributed by atoms with Gasteiger partial charge in [-0.2, -0.15) is 0 Å². The van der Waals surface area contributed by atoms with E-state index in [0.29, 0.717) is 16.8 Å². The van der Waals surface area contributed by atoms with E-state index in [0.717, 1.165) is 22.6 Å². The Morgan fingerprint density at radius 3 is 2.17 bits per heavy atom. The van der Waals surface area contributed by atoms with E-state index in [9.17, 15) is 9.59 Å². The fraction of sp³-hybridized carbons (Fsp3) is 0.120. The van der Waals surface area contributed by atoms with Crippen LogP contribution < -0.4 is 10.1 Å². The number of hydrogen-bond donors (Lipinski definition) is 1. The summed E-state index contributed by atoms with van der Waals surface area (Å²) in [7, 11) is 1.60. The topological polar surface area (TPSA) is 58.6 Å². The highest BCUT2D eigenvalue weighted by Crippen LogP contribution is 2.32. The molecule has 3 aromatic rings. The van der Waals surface area contributed by atoms with Crippen molar-refractivity contribution in [3.63, 3.8) is 0 Å². The van der Waals surface area contributed by atoms with Crippen LogP contribution in [0.15, 0.2) is 84.6 Å². The number of methoxy groups -OCH3 is 1. The Labute approximate surface area is 175 Å². The average molecular weight is 398 g/mol. The Balaban J connectivity index is 1.71. The van der Waals surface area contributed by atoms with Gasteiger partial charge in [0.2, 0.25) is 0 Å². The van der Waals surface area contributed by atoms with Crippen LogP contribution in [0.2, 0.25) is 0 Å². The van der Waals surface area contributed by atoms with Gasteiger partial charge in [0.25, 0.3) is 11.8 Å². The van der Waals surface area contributed by atoms with Crippen molar-refractivity contribution in [2.75, 3.05) is 12.4 Å². The Morgan fingerprint density at radius 2 is 1.50 bits per heavy atom. The first-order valence-electron chi connectivity index (χ1n) is 9.70. The molecular formula is C25H22N2O3. The number of imide groups is 1. The fourth-order valence-corrected chi connectivity index (χ4v) is 3.47. The Hall–Kier alpha value is -3.86. The zero-order chi connectivity index (χ0) is 21.1. The lowest BCUT2D eigenvalue weighted by atomic mass is 10.0. The lowest BCUT2D eigenvalue weighted by Crippen LogP contribution is -2.32. The molecule has 5 heteroatoms. The van der Waals surface area contributed by atoms with Crippen molar-refractivity contribution in [3.05, 3.63) is 101 Å². The molecule has 0 bridgehead atoms. The number of carbonyl (C=O) groups excluding carboxylic acids is 2. The second kappa shape index (κ2) is 8.25. The quantitative estimate of drug-likeness (QED) is 0.626. The van der Waals surface area contributed by atoms with Crippen molar-refractivity contribution in [1.29, 1.82) is 0 Å². The molecule has 0 atom stereocenters. The first kappa shape index (κ1) is 19.5. The van der Waals surface area contributed by atoms with Crippen LogP contribution in [-0.2, 0) is 16.1 Å². The van der Waals surface area contributed by atoms with Gasteiger partial charge in [0.15, 0.2) is 0 Å². The van der Waals surface area contributed by atoms with Crippen LogP contribution >= 0.6 is 0 Å². The fourth-order valence-electron chi connectivity index (χ4n) is 3.47. The molecule has 0 unspecified atom stereocenters. The molecule has 4 rings (SSSR count). The molecule has 0 spiro atoms. The maximum Gasteiger partial charge on any atom is 0.278 e. The van der Waals surface area contributed by atoms with E-state index in [-0.39, 0.29) is 18.4 Å². The molecule has 0 saturated carbocycles. The van der Waals surface area contributed by atoms with Crippen LogP contribution in [0.3, 0.4) is 0 Å². The standard InChI is InChI=1S/C25H22N2O3/c1-17-8-6-7-11-21(17)26-23-22(19-9-4-3-5-10-19)24(28)27(25(23)29)16-18-12-14-20(30-2)15-13-18/h3-15,26H,16H2,1-2H3. The predicted octanol–water partition coefficient (Wildman–Crippen LogP) is 4.40. The largest absolute Gasteiger partial charge is 0.497 e. The second-order valence-electron chi connectivity index (χ2n) is 7.10. The van der Waals surface area contributed by atoms with Crippen molar-refractivity contribution in [1.82, 2.24) is 4.90 Å². The molecule has 30 heavy (non-hydrogen) atoms. The number of anilines is 1. The van der Waals surface area contributed by atoms with Crippen molar-refractivity contribution in [2.24, 2.45) is 0 Å². The Morgan fingerprint density at radius 1 is 0.833 bits per heavy atom. The number of nitrogens with one attached hydrogen (secondary N) is 1. The van der Waals surface area contributed by atoms with E-state index in [2.05, 4.69) is 5.32 Å². The average Bonchev–Trinajstić information content (AvgIpc) is 3.00. The molecule has 1 N–H and O–H groups in total. The third kappa shape index (κ3) is 3.70. The SMILES string of the molecule is COc1ccc(CN2C(=O)C(Nc3ccccc3C)=C(c3ccccc3)C2=O)cc1. The van der Waals surface area contributed by atoms with E-state index in [1.165, 1.54) is 4.90 Å². The molecule has 0 radical (unpaired) electrons. The van der Waals surface area contributed by atoms with Crippen LogP contribution in [0, 0.1) is 6.92 Å². The normalized spacial score (nSPS) is 13.7. The van der Waals surface area contributed by atoms with E-state index in [1.54, 1.807) is 7.11 Å². The zero-order valence-corrected chi connectivity index (χ0v) is 16.9. The number of benzene rings is 3. The number of carbonyl (C=O) groups is 2. The van der Waals surface area contributed by atoms with E-state index in [1.807, 2.05) is 85.8 Å². The smallest absolute Gasteiger partial charge is 0.278 e. The molecule has 0 aromatic heterocycles. The van der Waals surface area contributed by atoms with Crippen molar-refractivity contribution < 1.29 is 14.3 Å². The van der Waals surface area contributed by atoms with Crippen molar-refractivity contribution >= 4 is 23.1 Å². The van der Waals surface area contributed by atoms with Gasteiger partial charge < -0.3 is 10.1 Å². The van der Waals surface area contributed by atoms with Gasteiger partial charge in [0.1, 0.15) is 11.4 Å². The predicted molar refractivity (Wildman–Crippen MR) is 117 cm³/mol. The molecule has 150 valence electrons. The monoisotopic (exact) mass is 398 g/mol. The molecule has 0 saturated heterocycles. The van der Waals surface area contributed by atoms with E-state index in [4.69, 9.17) is 4.74 Å². The van der Waals surface area contributed by atoms with Crippen LogP contribution in [-0.4, -0.2) is 23.8 Å². The van der Waals surface area contributed by atoms with Gasteiger partial charge in [-0.15, -0.1) is 0 Å². The van der Waals surface area contributed by atoms with E-state index >= 15 is 0 Å². The summed E-state index contributed by atoms with van der Waals surface area (Å²) < 4.78 is 5.19. The maximum atomic E-state index is 13.3. The summed E-state index contributed by atoms with van der Waals surface area (Å²) >= 11 is 0. The molecule has 2 amide bonds. The number of rotatable bonds is 6. The summed E-state index contributed by atoms with van der Waals surface area (Å²) in [6.45, 7) is 2.15. The minimum Gasteiger partial charge on any atom is -0.497 e.